The van der Waals surface area contributed by atoms with Crippen LogP contribution in [0.15, 0.2) is 91.6 Å². The number of ketones is 4. The number of methoxy groups -OCH3 is 2. The molecular formula is C46H42N8O12. The minimum atomic E-state index is -0.691. The van der Waals surface area contributed by atoms with Gasteiger partial charge in [0.15, 0.2) is 17.3 Å². The molecule has 2 aliphatic rings. The summed E-state index contributed by atoms with van der Waals surface area (Å²) in [4.78, 5) is 132. The van der Waals surface area contributed by atoms with Crippen LogP contribution in [0.4, 0.5) is 11.4 Å². The number of Topliss-reactive ketones (excluding diaryl/α,β-unsaturated/α-hetero) is 1. The molecule has 0 fully saturated rings. The number of rotatable bonds is 6. The number of ether oxygens (including phenoxy) is 2. The first kappa shape index (κ1) is 46.8. The van der Waals surface area contributed by atoms with Crippen LogP contribution < -0.4 is 33.5 Å². The van der Waals surface area contributed by atoms with Crippen LogP contribution in [0.3, 0.4) is 0 Å². The van der Waals surface area contributed by atoms with Gasteiger partial charge in [0.1, 0.15) is 11.3 Å². The van der Waals surface area contributed by atoms with Gasteiger partial charge in [0.2, 0.25) is 5.78 Å². The Labute approximate surface area is 373 Å². The molecule has 20 nitrogen and oxygen atoms in total. The molecule has 20 heteroatoms. The van der Waals surface area contributed by atoms with Gasteiger partial charge in [0.25, 0.3) is 11.1 Å². The molecule has 0 saturated heterocycles. The standard InChI is InChI=1S/C23H20N4O6.C15H13N3O4.C8H9NO2/c1-5-13-16-17(18-20(25-13)26(2)23(32)27(3)21(18)30)15(28)10-14(19(16)29)24-12-8-6-11(7-9-12)22(31)33-4;1-4-7-10-8(19)5-6-9(20)11(10)12-13(16-7)17(2)15(22)18(3)14(12)21;1-11-8(10)6-2-4-7(9)5-3-6/h6-10,24H,5H2,1-4H3;5-6H,4H2,1-3H3;2-5H,9H2,1H3. The van der Waals surface area contributed by atoms with Crippen molar-refractivity contribution in [1.29, 1.82) is 0 Å². The first-order valence-electron chi connectivity index (χ1n) is 20.0. The highest BCUT2D eigenvalue weighted by Gasteiger charge is 2.34. The van der Waals surface area contributed by atoms with Gasteiger partial charge in [-0.3, -0.25) is 47.0 Å². The number of nitrogen functional groups attached to an aromatic ring is 1. The van der Waals surface area contributed by atoms with Gasteiger partial charge in [-0.15, -0.1) is 0 Å². The summed E-state index contributed by atoms with van der Waals surface area (Å²) in [7, 11) is 8.19. The molecule has 6 aromatic rings. The van der Waals surface area contributed by atoms with Gasteiger partial charge in [0, 0.05) is 45.6 Å². The first-order chi connectivity index (χ1) is 31.3. The quantitative estimate of drug-likeness (QED) is 0.180. The predicted octanol–water partition coefficient (Wildman–Crippen LogP) is 2.54. The van der Waals surface area contributed by atoms with Crippen LogP contribution in [-0.4, -0.2) is 77.5 Å². The van der Waals surface area contributed by atoms with Gasteiger partial charge in [0.05, 0.1) is 75.5 Å². The fourth-order valence-electron chi connectivity index (χ4n) is 7.30. The van der Waals surface area contributed by atoms with E-state index in [1.807, 2.05) is 0 Å². The number of anilines is 2. The lowest BCUT2D eigenvalue weighted by Gasteiger charge is -2.21. The van der Waals surface area contributed by atoms with E-state index >= 15 is 0 Å². The monoisotopic (exact) mass is 898 g/mol. The third-order valence-electron chi connectivity index (χ3n) is 10.8. The van der Waals surface area contributed by atoms with Gasteiger partial charge in [-0.1, -0.05) is 13.8 Å². The number of pyridine rings is 2. The van der Waals surface area contributed by atoms with Crippen LogP contribution in [0, 0.1) is 0 Å². The van der Waals surface area contributed by atoms with Crippen LogP contribution in [0.2, 0.25) is 0 Å². The van der Waals surface area contributed by atoms with Gasteiger partial charge in [-0.05, 0) is 73.5 Å². The van der Waals surface area contributed by atoms with Gasteiger partial charge >= 0.3 is 23.3 Å². The van der Waals surface area contributed by atoms with Crippen LogP contribution >= 0.6 is 0 Å². The second-order valence-corrected chi connectivity index (χ2v) is 14.8. The number of hydrogen-bond donors (Lipinski definition) is 2. The van der Waals surface area contributed by atoms with Crippen LogP contribution in [0.25, 0.3) is 22.1 Å². The number of hydrogen-bond acceptors (Lipinski definition) is 16. The predicted molar refractivity (Wildman–Crippen MR) is 241 cm³/mol. The molecule has 0 unspecified atom stereocenters. The Balaban J connectivity index is 0.000000186. The number of aryl methyl sites for hydroxylation is 4. The molecule has 2 aromatic carbocycles. The zero-order chi connectivity index (χ0) is 48.5. The third-order valence-corrected chi connectivity index (χ3v) is 10.8. The fraction of sp³-hybridized carbons (Fsp3) is 0.217. The van der Waals surface area contributed by atoms with E-state index in [2.05, 4.69) is 24.8 Å². The van der Waals surface area contributed by atoms with Crippen LogP contribution in [0.5, 0.6) is 0 Å². The van der Waals surface area contributed by atoms with E-state index in [1.54, 1.807) is 50.2 Å². The molecule has 3 N–H and O–H groups in total. The molecule has 0 spiro atoms. The molecule has 4 heterocycles. The molecule has 0 atom stereocenters. The van der Waals surface area contributed by atoms with Crippen molar-refractivity contribution in [2.45, 2.75) is 26.7 Å². The van der Waals surface area contributed by atoms with Crippen LogP contribution in [-0.2, 0) is 50.5 Å². The summed E-state index contributed by atoms with van der Waals surface area (Å²) in [6.45, 7) is 3.56. The Morgan fingerprint density at radius 1 is 0.576 bits per heavy atom. The molecule has 8 rings (SSSR count). The number of nitrogens with two attached hydrogens (primary N) is 1. The summed E-state index contributed by atoms with van der Waals surface area (Å²) in [6, 6.07) is 12.8. The maximum atomic E-state index is 13.4. The topological polar surface area (TPSA) is 273 Å². The minimum Gasteiger partial charge on any atom is -0.465 e. The number of carbonyl (C=O) groups is 6. The molecule has 0 saturated carbocycles. The van der Waals surface area contributed by atoms with Crippen molar-refractivity contribution in [1.82, 2.24) is 28.2 Å². The number of fused-ring (bicyclic) bond motifs is 6. The Morgan fingerprint density at radius 2 is 0.985 bits per heavy atom. The Kier molecular flexibility index (Phi) is 13.2. The number of carbonyl (C=O) groups excluding carboxylic acids is 6. The molecular weight excluding hydrogens is 857 g/mol. The number of aromatic nitrogens is 6. The van der Waals surface area contributed by atoms with Gasteiger partial charge < -0.3 is 20.5 Å². The summed E-state index contributed by atoms with van der Waals surface area (Å²) in [6.07, 6.45) is 4.18. The Bertz CT molecular complexity index is 3410. The lowest BCUT2D eigenvalue weighted by atomic mass is 9.88. The van der Waals surface area contributed by atoms with Gasteiger partial charge in [-0.2, -0.15) is 0 Å². The molecule has 2 aliphatic carbocycles. The normalized spacial score (nSPS) is 12.6. The van der Waals surface area contributed by atoms with Crippen molar-refractivity contribution in [3.8, 4) is 0 Å². The highest BCUT2D eigenvalue weighted by atomic mass is 16.5. The number of esters is 2. The maximum absolute atomic E-state index is 13.4. The van der Waals surface area contributed by atoms with E-state index in [1.165, 1.54) is 69.8 Å². The third kappa shape index (κ3) is 8.29. The van der Waals surface area contributed by atoms with E-state index in [9.17, 15) is 47.9 Å². The molecule has 0 amide bonds. The summed E-state index contributed by atoms with van der Waals surface area (Å²) < 4.78 is 13.4. The maximum Gasteiger partial charge on any atom is 0.337 e. The molecule has 4 aromatic heterocycles. The summed E-state index contributed by atoms with van der Waals surface area (Å²) in [5.41, 5.74) is 6.07. The minimum absolute atomic E-state index is 0.0100. The van der Waals surface area contributed by atoms with Crippen molar-refractivity contribution >= 4 is 68.5 Å². The largest absolute Gasteiger partial charge is 0.465 e. The molecule has 338 valence electrons. The van der Waals surface area contributed by atoms with E-state index in [0.29, 0.717) is 46.7 Å². The zero-order valence-electron chi connectivity index (χ0n) is 36.9. The first-order valence-corrected chi connectivity index (χ1v) is 20.0. The fourth-order valence-corrected chi connectivity index (χ4v) is 7.30. The van der Waals surface area contributed by atoms with Crippen molar-refractivity contribution < 1.29 is 38.2 Å². The molecule has 0 bridgehead atoms. The van der Waals surface area contributed by atoms with Crippen molar-refractivity contribution in [3.05, 3.63) is 159 Å². The van der Waals surface area contributed by atoms with E-state index < -0.39 is 45.8 Å². The smallest absolute Gasteiger partial charge is 0.337 e. The average Bonchev–Trinajstić information content (AvgIpc) is 3.33. The van der Waals surface area contributed by atoms with E-state index in [4.69, 9.17) is 5.73 Å². The lowest BCUT2D eigenvalue weighted by molar-refractivity contribution is 0.0592. The Morgan fingerprint density at radius 3 is 1.42 bits per heavy atom. The Hall–Kier alpha value is -8.68. The van der Waals surface area contributed by atoms with Crippen molar-refractivity contribution in [2.24, 2.45) is 28.2 Å². The number of allylic oxidation sites excluding steroid dienone is 4. The summed E-state index contributed by atoms with van der Waals surface area (Å²) >= 11 is 0. The van der Waals surface area contributed by atoms with Crippen molar-refractivity contribution in [2.75, 3.05) is 25.3 Å². The lowest BCUT2D eigenvalue weighted by Crippen LogP contribution is -2.39. The zero-order valence-corrected chi connectivity index (χ0v) is 36.9. The second-order valence-electron chi connectivity index (χ2n) is 14.8. The SMILES string of the molecule is CCc1nc2c(c3c1C(=O)C(Nc1ccc(C(=O)OC)cc1)=CC3=O)c(=O)n(C)c(=O)n2C.CCc1nc2c(c3c1C(=O)C=CC3=O)c(=O)n(C)c(=O)n2C.COC(=O)c1ccc(N)cc1. The number of benzene rings is 2. The molecule has 66 heavy (non-hydrogen) atoms. The van der Waals surface area contributed by atoms with Crippen LogP contribution in [0.1, 0.15) is 87.4 Å². The number of nitrogens with one attached hydrogen (secondary N) is 1. The van der Waals surface area contributed by atoms with E-state index in [0.717, 1.165) is 21.3 Å². The van der Waals surface area contributed by atoms with E-state index in [-0.39, 0.29) is 61.8 Å². The summed E-state index contributed by atoms with van der Waals surface area (Å²) in [5.74, 6) is -2.66. The molecule has 0 aliphatic heterocycles. The highest BCUT2D eigenvalue weighted by Crippen LogP contribution is 2.30. The van der Waals surface area contributed by atoms with Crippen molar-refractivity contribution in [3.63, 3.8) is 0 Å². The molecule has 0 radical (unpaired) electrons. The second kappa shape index (κ2) is 18.6. The number of nitrogens with zero attached hydrogens (tertiary/aromatic N) is 6. The average molecular weight is 899 g/mol. The highest BCUT2D eigenvalue weighted by molar-refractivity contribution is 6.29. The summed E-state index contributed by atoms with van der Waals surface area (Å²) in [5, 5.41) is 2.85. The van der Waals surface area contributed by atoms with Gasteiger partial charge in [-0.25, -0.2) is 29.1 Å².